The Morgan fingerprint density at radius 2 is 2.14 bits per heavy atom. The average Bonchev–Trinajstić information content (AvgIpc) is 2.45. The molecule has 0 saturated heterocycles. The Bertz CT molecular complexity index is 464. The minimum atomic E-state index is -0.380. The molecule has 0 heterocycles. The molecule has 0 aliphatic rings. The third-order valence-corrected chi connectivity index (χ3v) is 3.34. The lowest BCUT2D eigenvalue weighted by Crippen LogP contribution is -2.22. The first-order valence-electron chi connectivity index (χ1n) is 7.31. The minimum absolute atomic E-state index is 0.00975. The van der Waals surface area contributed by atoms with Crippen LogP contribution in [0.4, 0.5) is 4.39 Å². The van der Waals surface area contributed by atoms with Crippen LogP contribution < -0.4 is 10.5 Å². The summed E-state index contributed by atoms with van der Waals surface area (Å²) >= 11 is 0. The van der Waals surface area contributed by atoms with Gasteiger partial charge in [0.05, 0.1) is 6.61 Å². The van der Waals surface area contributed by atoms with Crippen molar-refractivity contribution in [2.24, 2.45) is 5.73 Å². The number of amides is 1. The Morgan fingerprint density at radius 3 is 2.76 bits per heavy atom. The number of halogens is 1. The molecule has 0 aliphatic carbocycles. The number of para-hydroxylation sites is 1. The summed E-state index contributed by atoms with van der Waals surface area (Å²) in [5.41, 5.74) is 6.70. The molecule has 0 fully saturated rings. The topological polar surface area (TPSA) is 55.6 Å². The Morgan fingerprint density at radius 1 is 1.43 bits per heavy atom. The average molecular weight is 296 g/mol. The van der Waals surface area contributed by atoms with Gasteiger partial charge in [-0.3, -0.25) is 4.79 Å². The molecule has 1 amide bonds. The molecule has 0 saturated carbocycles. The highest BCUT2D eigenvalue weighted by Crippen LogP contribution is 2.24. The maximum Gasteiger partial charge on any atom is 0.222 e. The molecule has 0 aliphatic heterocycles. The van der Waals surface area contributed by atoms with E-state index in [4.69, 9.17) is 10.5 Å². The quantitative estimate of drug-likeness (QED) is 0.749. The van der Waals surface area contributed by atoms with Crippen LogP contribution in [0.15, 0.2) is 18.2 Å². The van der Waals surface area contributed by atoms with Gasteiger partial charge in [0.15, 0.2) is 11.6 Å². The van der Waals surface area contributed by atoms with Crippen LogP contribution in [0.1, 0.15) is 31.7 Å². The number of ether oxygens (including phenoxy) is 1. The second-order valence-electron chi connectivity index (χ2n) is 5.34. The Hall–Kier alpha value is -1.62. The lowest BCUT2D eigenvalue weighted by Gasteiger charge is -2.15. The highest BCUT2D eigenvalue weighted by atomic mass is 19.1. The summed E-state index contributed by atoms with van der Waals surface area (Å²) in [7, 11) is 3.43. The summed E-state index contributed by atoms with van der Waals surface area (Å²) in [6.07, 6.45) is 2.36. The van der Waals surface area contributed by atoms with Crippen molar-refractivity contribution in [2.45, 2.75) is 38.6 Å². The van der Waals surface area contributed by atoms with E-state index in [2.05, 4.69) is 0 Å². The Labute approximate surface area is 126 Å². The van der Waals surface area contributed by atoms with E-state index < -0.39 is 0 Å². The number of hydrogen-bond acceptors (Lipinski definition) is 3. The third kappa shape index (κ3) is 5.71. The van der Waals surface area contributed by atoms with Gasteiger partial charge in [0.2, 0.25) is 5.91 Å². The standard InChI is InChI=1S/C16H25FN2O2/c1-4-13(18)11-12-7-5-8-14(17)16(12)21-10-6-9-15(20)19(2)3/h5,7-8,13H,4,6,9-11,18H2,1-3H3. The van der Waals surface area contributed by atoms with Gasteiger partial charge in [-0.15, -0.1) is 0 Å². The van der Waals surface area contributed by atoms with E-state index in [1.165, 1.54) is 11.0 Å². The van der Waals surface area contributed by atoms with E-state index in [0.717, 1.165) is 12.0 Å². The first-order valence-corrected chi connectivity index (χ1v) is 7.31. The molecule has 5 heteroatoms. The van der Waals surface area contributed by atoms with Crippen LogP contribution in [0, 0.1) is 5.82 Å². The van der Waals surface area contributed by atoms with Crippen molar-refractivity contribution < 1.29 is 13.9 Å². The van der Waals surface area contributed by atoms with Crippen LogP contribution in [0.3, 0.4) is 0 Å². The number of carbonyl (C=O) groups excluding carboxylic acids is 1. The zero-order valence-electron chi connectivity index (χ0n) is 13.1. The summed E-state index contributed by atoms with van der Waals surface area (Å²) in [5, 5.41) is 0. The molecule has 1 atom stereocenters. The monoisotopic (exact) mass is 296 g/mol. The number of benzene rings is 1. The van der Waals surface area contributed by atoms with Crippen molar-refractivity contribution in [3.05, 3.63) is 29.6 Å². The summed E-state index contributed by atoms with van der Waals surface area (Å²) in [6.45, 7) is 2.31. The summed E-state index contributed by atoms with van der Waals surface area (Å²) in [4.78, 5) is 13.0. The molecule has 1 aromatic carbocycles. The molecule has 21 heavy (non-hydrogen) atoms. The highest BCUT2D eigenvalue weighted by molar-refractivity contribution is 5.75. The van der Waals surface area contributed by atoms with Gasteiger partial charge >= 0.3 is 0 Å². The smallest absolute Gasteiger partial charge is 0.222 e. The fourth-order valence-electron chi connectivity index (χ4n) is 1.92. The SMILES string of the molecule is CCC(N)Cc1cccc(F)c1OCCCC(=O)N(C)C. The first kappa shape index (κ1) is 17.4. The van der Waals surface area contributed by atoms with Gasteiger partial charge in [-0.05, 0) is 30.9 Å². The van der Waals surface area contributed by atoms with Gasteiger partial charge in [-0.2, -0.15) is 0 Å². The molecule has 4 nitrogen and oxygen atoms in total. The third-order valence-electron chi connectivity index (χ3n) is 3.34. The predicted molar refractivity (Wildman–Crippen MR) is 81.8 cm³/mol. The van der Waals surface area contributed by atoms with Crippen molar-refractivity contribution in [3.63, 3.8) is 0 Å². The lowest BCUT2D eigenvalue weighted by molar-refractivity contribution is -0.128. The van der Waals surface area contributed by atoms with E-state index in [1.807, 2.05) is 13.0 Å². The van der Waals surface area contributed by atoms with E-state index in [-0.39, 0.29) is 23.5 Å². The first-order chi connectivity index (χ1) is 9.95. The summed E-state index contributed by atoms with van der Waals surface area (Å²) in [5.74, 6) is -0.0752. The van der Waals surface area contributed by atoms with Crippen LogP contribution in [0.25, 0.3) is 0 Å². The van der Waals surface area contributed by atoms with Crippen molar-refractivity contribution in [3.8, 4) is 5.75 Å². The zero-order valence-corrected chi connectivity index (χ0v) is 13.1. The molecule has 1 rings (SSSR count). The van der Waals surface area contributed by atoms with Gasteiger partial charge < -0.3 is 15.4 Å². The highest BCUT2D eigenvalue weighted by Gasteiger charge is 2.13. The Balaban J connectivity index is 2.59. The van der Waals surface area contributed by atoms with E-state index in [9.17, 15) is 9.18 Å². The van der Waals surface area contributed by atoms with Gasteiger partial charge in [-0.1, -0.05) is 19.1 Å². The molecule has 1 unspecified atom stereocenters. The minimum Gasteiger partial charge on any atom is -0.490 e. The maximum absolute atomic E-state index is 13.9. The number of rotatable bonds is 8. The van der Waals surface area contributed by atoms with Gasteiger partial charge in [0.1, 0.15) is 0 Å². The summed E-state index contributed by atoms with van der Waals surface area (Å²) < 4.78 is 19.4. The number of nitrogens with two attached hydrogens (primary N) is 1. The molecular weight excluding hydrogens is 271 g/mol. The van der Waals surface area contributed by atoms with Crippen LogP contribution in [0.2, 0.25) is 0 Å². The second kappa shape index (κ2) is 8.62. The van der Waals surface area contributed by atoms with Crippen LogP contribution in [-0.4, -0.2) is 37.6 Å². The van der Waals surface area contributed by atoms with Crippen molar-refractivity contribution in [2.75, 3.05) is 20.7 Å². The lowest BCUT2D eigenvalue weighted by atomic mass is 10.0. The molecule has 0 bridgehead atoms. The van der Waals surface area contributed by atoms with E-state index in [1.54, 1.807) is 20.2 Å². The molecule has 0 aromatic heterocycles. The van der Waals surface area contributed by atoms with Crippen molar-refractivity contribution in [1.82, 2.24) is 4.90 Å². The number of carbonyl (C=O) groups is 1. The second-order valence-corrected chi connectivity index (χ2v) is 5.34. The zero-order chi connectivity index (χ0) is 15.8. The maximum atomic E-state index is 13.9. The van der Waals surface area contributed by atoms with Crippen LogP contribution in [-0.2, 0) is 11.2 Å². The fraction of sp³-hybridized carbons (Fsp3) is 0.562. The van der Waals surface area contributed by atoms with Gasteiger partial charge in [-0.25, -0.2) is 4.39 Å². The fourth-order valence-corrected chi connectivity index (χ4v) is 1.92. The van der Waals surface area contributed by atoms with Crippen LogP contribution >= 0.6 is 0 Å². The predicted octanol–water partition coefficient (Wildman–Crippen LogP) is 2.35. The number of hydrogen-bond donors (Lipinski definition) is 1. The molecule has 0 spiro atoms. The van der Waals surface area contributed by atoms with Crippen LogP contribution in [0.5, 0.6) is 5.75 Å². The number of nitrogens with zero attached hydrogens (tertiary/aromatic N) is 1. The molecule has 118 valence electrons. The van der Waals surface area contributed by atoms with Gasteiger partial charge in [0, 0.05) is 26.6 Å². The molecule has 2 N–H and O–H groups in total. The largest absolute Gasteiger partial charge is 0.490 e. The van der Waals surface area contributed by atoms with Gasteiger partial charge in [0.25, 0.3) is 0 Å². The molecule has 0 radical (unpaired) electrons. The Kier molecular flexibility index (Phi) is 7.15. The van der Waals surface area contributed by atoms with E-state index in [0.29, 0.717) is 25.9 Å². The van der Waals surface area contributed by atoms with Crippen molar-refractivity contribution >= 4 is 5.91 Å². The molecular formula is C16H25FN2O2. The summed E-state index contributed by atoms with van der Waals surface area (Å²) in [6, 6.07) is 4.86. The molecule has 1 aromatic rings. The normalized spacial score (nSPS) is 12.0. The van der Waals surface area contributed by atoms with Crippen molar-refractivity contribution in [1.29, 1.82) is 0 Å². The van der Waals surface area contributed by atoms with E-state index >= 15 is 0 Å².